The molecule has 0 amide bonds. The number of ether oxygens (including phenoxy) is 1. The van der Waals surface area contributed by atoms with Crippen LogP contribution in [-0.4, -0.2) is 42.7 Å². The number of nitrogens with zero attached hydrogens (tertiary/aromatic N) is 3. The molecule has 0 atom stereocenters. The van der Waals surface area contributed by atoms with E-state index >= 15 is 0 Å². The first kappa shape index (κ1) is 25.6. The van der Waals surface area contributed by atoms with Gasteiger partial charge in [0.05, 0.1) is 17.4 Å². The van der Waals surface area contributed by atoms with Crippen LogP contribution in [0, 0.1) is 20.2 Å². The summed E-state index contributed by atoms with van der Waals surface area (Å²) in [5.41, 5.74) is 1.39. The molecule has 34 heavy (non-hydrogen) atoms. The van der Waals surface area contributed by atoms with E-state index < -0.39 is 20.2 Å². The number of fused-ring (bicyclic) bond motifs is 1. The largest absolute Gasteiger partial charge is 0.492 e. The summed E-state index contributed by atoms with van der Waals surface area (Å²) in [5, 5.41) is 27.4. The van der Waals surface area contributed by atoms with Gasteiger partial charge in [0.2, 0.25) is 10.0 Å². The van der Waals surface area contributed by atoms with Crippen LogP contribution in [0.25, 0.3) is 0 Å². The summed E-state index contributed by atoms with van der Waals surface area (Å²) >= 11 is 7.29. The topological polar surface area (TPSA) is 189 Å². The fourth-order valence-corrected chi connectivity index (χ4v) is 5.08. The quantitative estimate of drug-likeness (QED) is 0.242. The standard InChI is InChI=1S/C17H18ClN5O9S2/c18-14-6-15-16(7-17(14)34(19,28)29)33-21(10-20-15)1-2-30-13-4-11(8-31-22(24)25)3-12(5-13)9-32-23(26)27/h3-7,20H,1-2,8-10H2,(H2,19,28,29). The van der Waals surface area contributed by atoms with Gasteiger partial charge >= 0.3 is 0 Å². The third-order valence-corrected chi connectivity index (χ3v) is 6.80. The number of nitrogens with one attached hydrogen (secondary N) is 1. The second-order valence-electron chi connectivity index (χ2n) is 6.78. The Morgan fingerprint density at radius 3 is 2.26 bits per heavy atom. The maximum absolute atomic E-state index is 11.7. The lowest BCUT2D eigenvalue weighted by Gasteiger charge is -2.29. The Bertz CT molecular complexity index is 1160. The normalized spacial score (nSPS) is 13.5. The fourth-order valence-electron chi connectivity index (χ4n) is 2.93. The van der Waals surface area contributed by atoms with Gasteiger partial charge in [-0.05, 0) is 47.3 Å². The molecular weight excluding hydrogens is 518 g/mol. The number of benzene rings is 2. The molecule has 14 nitrogen and oxygen atoms in total. The van der Waals surface area contributed by atoms with Crippen molar-refractivity contribution in [2.24, 2.45) is 5.14 Å². The minimum Gasteiger partial charge on any atom is -0.492 e. The van der Waals surface area contributed by atoms with Crippen molar-refractivity contribution in [2.75, 3.05) is 25.1 Å². The first-order chi connectivity index (χ1) is 16.0. The number of primary sulfonamides is 1. The van der Waals surface area contributed by atoms with Crippen LogP contribution in [0.2, 0.25) is 5.02 Å². The van der Waals surface area contributed by atoms with Crippen LogP contribution in [-0.2, 0) is 32.9 Å². The first-order valence-corrected chi connectivity index (χ1v) is 12.0. The molecule has 184 valence electrons. The molecule has 0 saturated carbocycles. The third-order valence-electron chi connectivity index (χ3n) is 4.32. The Morgan fingerprint density at radius 1 is 1.09 bits per heavy atom. The lowest BCUT2D eigenvalue weighted by atomic mass is 10.1. The van der Waals surface area contributed by atoms with Gasteiger partial charge in [0.15, 0.2) is 0 Å². The van der Waals surface area contributed by atoms with Crippen LogP contribution < -0.4 is 15.2 Å². The van der Waals surface area contributed by atoms with Gasteiger partial charge in [-0.1, -0.05) is 17.7 Å². The molecule has 3 N–H and O–H groups in total. The lowest BCUT2D eigenvalue weighted by Crippen LogP contribution is -2.30. The van der Waals surface area contributed by atoms with E-state index in [2.05, 4.69) is 15.0 Å². The molecular formula is C17H18ClN5O9S2. The van der Waals surface area contributed by atoms with Crippen LogP contribution in [0.5, 0.6) is 5.75 Å². The number of halogens is 1. The molecule has 0 aromatic heterocycles. The van der Waals surface area contributed by atoms with Crippen LogP contribution in [0.3, 0.4) is 0 Å². The Balaban J connectivity index is 1.64. The van der Waals surface area contributed by atoms with Crippen molar-refractivity contribution in [1.82, 2.24) is 4.31 Å². The molecule has 3 rings (SSSR count). The van der Waals surface area contributed by atoms with E-state index in [0.29, 0.717) is 40.7 Å². The van der Waals surface area contributed by atoms with Gasteiger partial charge in [-0.25, -0.2) is 17.9 Å². The highest BCUT2D eigenvalue weighted by Gasteiger charge is 2.22. The van der Waals surface area contributed by atoms with Crippen molar-refractivity contribution in [3.05, 3.63) is 66.7 Å². The second kappa shape index (κ2) is 10.9. The van der Waals surface area contributed by atoms with Crippen molar-refractivity contribution in [3.63, 3.8) is 0 Å². The molecule has 0 aliphatic carbocycles. The molecule has 1 heterocycles. The van der Waals surface area contributed by atoms with E-state index in [4.69, 9.17) is 21.5 Å². The summed E-state index contributed by atoms with van der Waals surface area (Å²) in [5.74, 6) is 0.310. The zero-order valence-electron chi connectivity index (χ0n) is 17.2. The molecule has 0 saturated heterocycles. The maximum atomic E-state index is 11.7. The number of sulfonamides is 1. The highest BCUT2D eigenvalue weighted by Crippen LogP contribution is 2.38. The molecule has 0 spiro atoms. The molecule has 1 aliphatic rings. The monoisotopic (exact) mass is 535 g/mol. The number of rotatable bonds is 11. The van der Waals surface area contributed by atoms with Crippen LogP contribution in [0.1, 0.15) is 11.1 Å². The van der Waals surface area contributed by atoms with Gasteiger partial charge in [0, 0.05) is 11.4 Å². The predicted octanol–water partition coefficient (Wildman–Crippen LogP) is 2.18. The SMILES string of the molecule is NS(=O)(=O)c1cc2c(cc1Cl)NCN(CCOc1cc(CO[N+](=O)[O-])cc(CO[N+](=O)[O-])c1)S2. The van der Waals surface area contributed by atoms with Gasteiger partial charge in [0.1, 0.15) is 30.5 Å². The van der Waals surface area contributed by atoms with Gasteiger partial charge in [0.25, 0.3) is 10.2 Å². The van der Waals surface area contributed by atoms with Crippen molar-refractivity contribution >= 4 is 39.3 Å². The van der Waals surface area contributed by atoms with Gasteiger partial charge in [-0.3, -0.25) is 0 Å². The summed E-state index contributed by atoms with van der Waals surface area (Å²) < 4.78 is 31.0. The van der Waals surface area contributed by atoms with Crippen molar-refractivity contribution in [1.29, 1.82) is 0 Å². The Labute approximate surface area is 202 Å². The third kappa shape index (κ3) is 7.22. The molecule has 2 aromatic rings. The van der Waals surface area contributed by atoms with Gasteiger partial charge in [-0.15, -0.1) is 20.2 Å². The van der Waals surface area contributed by atoms with Crippen LogP contribution in [0.15, 0.2) is 40.1 Å². The van der Waals surface area contributed by atoms with Crippen molar-refractivity contribution in [2.45, 2.75) is 23.0 Å². The minimum atomic E-state index is -3.99. The molecule has 0 radical (unpaired) electrons. The van der Waals surface area contributed by atoms with E-state index in [1.54, 1.807) is 0 Å². The first-order valence-electron chi connectivity index (χ1n) is 9.34. The van der Waals surface area contributed by atoms with Crippen LogP contribution in [0.4, 0.5) is 5.69 Å². The Morgan fingerprint density at radius 2 is 1.71 bits per heavy atom. The zero-order chi connectivity index (χ0) is 24.9. The van der Waals surface area contributed by atoms with E-state index in [0.717, 1.165) is 0 Å². The predicted molar refractivity (Wildman–Crippen MR) is 119 cm³/mol. The number of hydrogen-bond acceptors (Lipinski definition) is 12. The van der Waals surface area contributed by atoms with Gasteiger partial charge in [-0.2, -0.15) is 0 Å². The number of nitrogens with two attached hydrogens (primary N) is 1. The van der Waals surface area contributed by atoms with E-state index in [1.807, 2.05) is 4.31 Å². The fraction of sp³-hybridized carbons (Fsp3) is 0.294. The molecule has 17 heteroatoms. The summed E-state index contributed by atoms with van der Waals surface area (Å²) in [6.07, 6.45) is 0. The van der Waals surface area contributed by atoms with Crippen molar-refractivity contribution in [3.8, 4) is 5.75 Å². The zero-order valence-corrected chi connectivity index (χ0v) is 19.6. The number of anilines is 1. The highest BCUT2D eigenvalue weighted by atomic mass is 35.5. The van der Waals surface area contributed by atoms with E-state index in [1.165, 1.54) is 42.3 Å². The summed E-state index contributed by atoms with van der Waals surface area (Å²) in [4.78, 5) is 30.1. The highest BCUT2D eigenvalue weighted by molar-refractivity contribution is 7.97. The van der Waals surface area contributed by atoms with E-state index in [-0.39, 0.29) is 29.7 Å². The molecule has 2 aromatic carbocycles. The maximum Gasteiger partial charge on any atom is 0.294 e. The average Bonchev–Trinajstić information content (AvgIpc) is 2.75. The summed E-state index contributed by atoms with van der Waals surface area (Å²) in [6.45, 7) is 0.237. The second-order valence-corrected chi connectivity index (χ2v) is 9.86. The average molecular weight is 536 g/mol. The molecule has 0 unspecified atom stereocenters. The molecule has 1 aliphatic heterocycles. The van der Waals surface area contributed by atoms with E-state index in [9.17, 15) is 28.6 Å². The van der Waals surface area contributed by atoms with Crippen LogP contribution >= 0.6 is 23.5 Å². The number of hydrogen-bond donors (Lipinski definition) is 2. The lowest BCUT2D eigenvalue weighted by molar-refractivity contribution is -0.763. The smallest absolute Gasteiger partial charge is 0.294 e. The summed E-state index contributed by atoms with van der Waals surface area (Å²) in [6, 6.07) is 7.37. The Hall–Kier alpha value is -3.05. The molecule has 0 bridgehead atoms. The Kier molecular flexibility index (Phi) is 8.21. The van der Waals surface area contributed by atoms with Gasteiger partial charge < -0.3 is 19.7 Å². The van der Waals surface area contributed by atoms with Crippen molar-refractivity contribution < 1.29 is 33.0 Å². The minimum absolute atomic E-state index is 0.0175. The summed E-state index contributed by atoms with van der Waals surface area (Å²) in [7, 11) is -3.99. The molecule has 0 fully saturated rings.